The molecule has 1 rings (SSSR count). The SMILES string of the molecule is CC(C)OCC(C)(O)c1ccccc1Br. The Morgan fingerprint density at radius 1 is 1.40 bits per heavy atom. The molecule has 0 aliphatic carbocycles. The van der Waals surface area contributed by atoms with Crippen LogP contribution in [0.5, 0.6) is 0 Å². The van der Waals surface area contributed by atoms with Crippen molar-refractivity contribution < 1.29 is 9.84 Å². The van der Waals surface area contributed by atoms with Crippen LogP contribution in [0, 0.1) is 0 Å². The van der Waals surface area contributed by atoms with Crippen molar-refractivity contribution in [2.45, 2.75) is 32.5 Å². The average molecular weight is 273 g/mol. The first-order valence-electron chi connectivity index (χ1n) is 5.02. The molecule has 1 aromatic carbocycles. The molecule has 1 atom stereocenters. The molecule has 1 aromatic rings. The summed E-state index contributed by atoms with van der Waals surface area (Å²) in [6.45, 7) is 5.97. The van der Waals surface area contributed by atoms with E-state index in [2.05, 4.69) is 15.9 Å². The third-order valence-corrected chi connectivity index (χ3v) is 2.84. The first kappa shape index (κ1) is 12.7. The Balaban J connectivity index is 2.81. The number of rotatable bonds is 4. The molecule has 0 spiro atoms. The molecule has 0 heterocycles. The van der Waals surface area contributed by atoms with Gasteiger partial charge >= 0.3 is 0 Å². The van der Waals surface area contributed by atoms with E-state index in [4.69, 9.17) is 4.74 Å². The maximum absolute atomic E-state index is 10.3. The molecular formula is C12H17BrO2. The summed E-state index contributed by atoms with van der Waals surface area (Å²) in [5, 5.41) is 10.3. The number of aliphatic hydroxyl groups is 1. The van der Waals surface area contributed by atoms with Crippen molar-refractivity contribution in [1.29, 1.82) is 0 Å². The fourth-order valence-corrected chi connectivity index (χ4v) is 2.02. The van der Waals surface area contributed by atoms with Gasteiger partial charge in [-0.3, -0.25) is 0 Å². The highest BCUT2D eigenvalue weighted by atomic mass is 79.9. The lowest BCUT2D eigenvalue weighted by Gasteiger charge is -2.25. The van der Waals surface area contributed by atoms with E-state index in [9.17, 15) is 5.11 Å². The van der Waals surface area contributed by atoms with Gasteiger partial charge in [0.05, 0.1) is 12.7 Å². The van der Waals surface area contributed by atoms with E-state index in [-0.39, 0.29) is 6.10 Å². The highest BCUT2D eigenvalue weighted by Gasteiger charge is 2.25. The van der Waals surface area contributed by atoms with Crippen LogP contribution in [0.2, 0.25) is 0 Å². The Bertz CT molecular complexity index is 321. The zero-order chi connectivity index (χ0) is 11.5. The van der Waals surface area contributed by atoms with E-state index in [1.165, 1.54) is 0 Å². The Labute approximate surface area is 99.4 Å². The fourth-order valence-electron chi connectivity index (χ4n) is 1.30. The molecule has 3 heteroatoms. The second kappa shape index (κ2) is 5.10. The standard InChI is InChI=1S/C12H17BrO2/c1-9(2)15-8-12(3,14)10-6-4-5-7-11(10)13/h4-7,9,14H,8H2,1-3H3. The topological polar surface area (TPSA) is 29.5 Å². The molecule has 0 radical (unpaired) electrons. The van der Waals surface area contributed by atoms with Crippen molar-refractivity contribution in [3.05, 3.63) is 34.3 Å². The lowest BCUT2D eigenvalue weighted by molar-refractivity contribution is -0.0578. The average Bonchev–Trinajstić information content (AvgIpc) is 2.15. The molecule has 2 nitrogen and oxygen atoms in total. The number of benzene rings is 1. The predicted molar refractivity (Wildman–Crippen MR) is 64.8 cm³/mol. The van der Waals surface area contributed by atoms with Gasteiger partial charge in [-0.25, -0.2) is 0 Å². The van der Waals surface area contributed by atoms with Gasteiger partial charge in [0, 0.05) is 4.47 Å². The minimum Gasteiger partial charge on any atom is -0.383 e. The summed E-state index contributed by atoms with van der Waals surface area (Å²) in [4.78, 5) is 0. The highest BCUT2D eigenvalue weighted by molar-refractivity contribution is 9.10. The number of ether oxygens (including phenoxy) is 1. The van der Waals surface area contributed by atoms with E-state index in [0.29, 0.717) is 6.61 Å². The molecule has 0 aliphatic heterocycles. The van der Waals surface area contributed by atoms with Crippen LogP contribution in [-0.2, 0) is 10.3 Å². The zero-order valence-corrected chi connectivity index (χ0v) is 10.9. The molecule has 0 fully saturated rings. The zero-order valence-electron chi connectivity index (χ0n) is 9.33. The third-order valence-electron chi connectivity index (χ3n) is 2.15. The van der Waals surface area contributed by atoms with Crippen molar-refractivity contribution in [3.63, 3.8) is 0 Å². The molecule has 0 saturated heterocycles. The van der Waals surface area contributed by atoms with Gasteiger partial charge in [-0.2, -0.15) is 0 Å². The lowest BCUT2D eigenvalue weighted by atomic mass is 9.97. The van der Waals surface area contributed by atoms with Gasteiger partial charge in [-0.1, -0.05) is 34.1 Å². The van der Waals surface area contributed by atoms with Crippen molar-refractivity contribution in [3.8, 4) is 0 Å². The van der Waals surface area contributed by atoms with Crippen LogP contribution in [0.4, 0.5) is 0 Å². The van der Waals surface area contributed by atoms with Gasteiger partial charge in [0.1, 0.15) is 5.60 Å². The molecule has 0 saturated carbocycles. The monoisotopic (exact) mass is 272 g/mol. The van der Waals surface area contributed by atoms with E-state index < -0.39 is 5.60 Å². The molecule has 0 aromatic heterocycles. The Kier molecular flexibility index (Phi) is 4.32. The predicted octanol–water partition coefficient (Wildman–Crippen LogP) is 3.08. The van der Waals surface area contributed by atoms with E-state index in [1.807, 2.05) is 38.1 Å². The van der Waals surface area contributed by atoms with Crippen LogP contribution >= 0.6 is 15.9 Å². The largest absolute Gasteiger partial charge is 0.383 e. The van der Waals surface area contributed by atoms with Crippen LogP contribution in [-0.4, -0.2) is 17.8 Å². The molecule has 0 amide bonds. The Hall–Kier alpha value is -0.380. The number of hydrogen-bond donors (Lipinski definition) is 1. The molecule has 0 aliphatic rings. The summed E-state index contributed by atoms with van der Waals surface area (Å²) >= 11 is 3.42. The normalized spacial score (nSPS) is 15.3. The molecule has 1 N–H and O–H groups in total. The first-order valence-corrected chi connectivity index (χ1v) is 5.82. The van der Waals surface area contributed by atoms with Crippen LogP contribution in [0.15, 0.2) is 28.7 Å². The molecular weight excluding hydrogens is 256 g/mol. The van der Waals surface area contributed by atoms with Gasteiger partial charge in [0.15, 0.2) is 0 Å². The summed E-state index contributed by atoms with van der Waals surface area (Å²) in [5.41, 5.74) is -0.102. The maximum Gasteiger partial charge on any atom is 0.111 e. The second-order valence-electron chi connectivity index (χ2n) is 4.11. The van der Waals surface area contributed by atoms with Crippen molar-refractivity contribution >= 4 is 15.9 Å². The lowest BCUT2D eigenvalue weighted by Crippen LogP contribution is -2.29. The fraction of sp³-hybridized carbons (Fsp3) is 0.500. The second-order valence-corrected chi connectivity index (χ2v) is 4.97. The Morgan fingerprint density at radius 2 is 2.00 bits per heavy atom. The summed E-state index contributed by atoms with van der Waals surface area (Å²) in [6.07, 6.45) is 0.124. The molecule has 0 bridgehead atoms. The van der Waals surface area contributed by atoms with Gasteiger partial charge in [0.2, 0.25) is 0 Å². The molecule has 84 valence electrons. The van der Waals surface area contributed by atoms with Gasteiger partial charge in [-0.15, -0.1) is 0 Å². The third kappa shape index (κ3) is 3.59. The Morgan fingerprint density at radius 3 is 2.53 bits per heavy atom. The molecule has 1 unspecified atom stereocenters. The van der Waals surface area contributed by atoms with Gasteiger partial charge in [0.25, 0.3) is 0 Å². The number of hydrogen-bond acceptors (Lipinski definition) is 2. The smallest absolute Gasteiger partial charge is 0.111 e. The summed E-state index contributed by atoms with van der Waals surface area (Å²) in [5.74, 6) is 0. The van der Waals surface area contributed by atoms with Crippen LogP contribution in [0.25, 0.3) is 0 Å². The quantitative estimate of drug-likeness (QED) is 0.913. The van der Waals surface area contributed by atoms with Gasteiger partial charge in [-0.05, 0) is 32.4 Å². The van der Waals surface area contributed by atoms with Crippen molar-refractivity contribution in [1.82, 2.24) is 0 Å². The summed E-state index contributed by atoms with van der Waals surface area (Å²) in [6, 6.07) is 7.64. The van der Waals surface area contributed by atoms with Gasteiger partial charge < -0.3 is 9.84 Å². The summed E-state index contributed by atoms with van der Waals surface area (Å²) in [7, 11) is 0. The summed E-state index contributed by atoms with van der Waals surface area (Å²) < 4.78 is 6.35. The minimum atomic E-state index is -0.954. The molecule has 15 heavy (non-hydrogen) atoms. The van der Waals surface area contributed by atoms with Crippen LogP contribution < -0.4 is 0 Å². The van der Waals surface area contributed by atoms with E-state index in [0.717, 1.165) is 10.0 Å². The van der Waals surface area contributed by atoms with Crippen molar-refractivity contribution in [2.24, 2.45) is 0 Å². The minimum absolute atomic E-state index is 0.124. The van der Waals surface area contributed by atoms with Crippen LogP contribution in [0.3, 0.4) is 0 Å². The maximum atomic E-state index is 10.3. The van der Waals surface area contributed by atoms with E-state index >= 15 is 0 Å². The van der Waals surface area contributed by atoms with E-state index in [1.54, 1.807) is 6.92 Å². The van der Waals surface area contributed by atoms with Crippen molar-refractivity contribution in [2.75, 3.05) is 6.61 Å². The number of halogens is 1. The highest BCUT2D eigenvalue weighted by Crippen LogP contribution is 2.28. The van der Waals surface area contributed by atoms with Crippen LogP contribution in [0.1, 0.15) is 26.3 Å². The first-order chi connectivity index (χ1) is 6.93.